The van der Waals surface area contributed by atoms with Crippen molar-refractivity contribution in [1.82, 2.24) is 0 Å². The second-order valence-corrected chi connectivity index (χ2v) is 2.23. The van der Waals surface area contributed by atoms with E-state index in [-0.39, 0.29) is 5.60 Å². The van der Waals surface area contributed by atoms with E-state index in [9.17, 15) is 0 Å². The van der Waals surface area contributed by atoms with Gasteiger partial charge >= 0.3 is 0 Å². The van der Waals surface area contributed by atoms with Crippen LogP contribution in [0.5, 0.6) is 0 Å². The fourth-order valence-electron chi connectivity index (χ4n) is 0.546. The summed E-state index contributed by atoms with van der Waals surface area (Å²) in [5.41, 5.74) is 0.182. The lowest BCUT2D eigenvalue weighted by Gasteiger charge is -1.94. The molecule has 0 amide bonds. The summed E-state index contributed by atoms with van der Waals surface area (Å²) in [6.07, 6.45) is 2.89. The Morgan fingerprint density at radius 1 is 2.00 bits per heavy atom. The first-order chi connectivity index (χ1) is 3.27. The average Bonchev–Trinajstić information content (AvgIpc) is 2.22. The molecule has 0 N–H and O–H groups in total. The maximum absolute atomic E-state index is 5.07. The van der Waals surface area contributed by atoms with E-state index in [1.807, 2.05) is 6.08 Å². The SMILES string of the molecule is C=CC[C@@]1(C)CO1. The van der Waals surface area contributed by atoms with Crippen molar-refractivity contribution in [3.63, 3.8) is 0 Å². The van der Waals surface area contributed by atoms with Crippen LogP contribution in [-0.4, -0.2) is 12.2 Å². The van der Waals surface area contributed by atoms with Crippen molar-refractivity contribution in [2.24, 2.45) is 0 Å². The van der Waals surface area contributed by atoms with E-state index in [1.165, 1.54) is 0 Å². The highest BCUT2D eigenvalue weighted by Crippen LogP contribution is 2.29. The molecule has 0 bridgehead atoms. The summed E-state index contributed by atoms with van der Waals surface area (Å²) < 4.78 is 5.07. The van der Waals surface area contributed by atoms with Crippen LogP contribution < -0.4 is 0 Å². The molecule has 0 radical (unpaired) electrons. The summed E-state index contributed by atoms with van der Waals surface area (Å²) in [5.74, 6) is 0. The van der Waals surface area contributed by atoms with E-state index in [4.69, 9.17) is 4.74 Å². The normalized spacial score (nSPS) is 37.9. The Morgan fingerprint density at radius 3 is 2.71 bits per heavy atom. The van der Waals surface area contributed by atoms with Crippen LogP contribution in [-0.2, 0) is 4.74 Å². The number of rotatable bonds is 2. The van der Waals surface area contributed by atoms with Gasteiger partial charge in [-0.05, 0) is 13.3 Å². The Balaban J connectivity index is 2.25. The van der Waals surface area contributed by atoms with Crippen LogP contribution in [0.4, 0.5) is 0 Å². The van der Waals surface area contributed by atoms with Crippen LogP contribution in [0.3, 0.4) is 0 Å². The number of hydrogen-bond acceptors (Lipinski definition) is 1. The van der Waals surface area contributed by atoms with E-state index in [1.54, 1.807) is 0 Å². The van der Waals surface area contributed by atoms with Gasteiger partial charge in [0.25, 0.3) is 0 Å². The van der Waals surface area contributed by atoms with Gasteiger partial charge in [0, 0.05) is 0 Å². The largest absolute Gasteiger partial charge is 0.370 e. The molecule has 1 aliphatic rings. The molecule has 7 heavy (non-hydrogen) atoms. The highest BCUT2D eigenvalue weighted by atomic mass is 16.6. The van der Waals surface area contributed by atoms with Crippen molar-refractivity contribution in [1.29, 1.82) is 0 Å². The molecule has 1 rings (SSSR count). The van der Waals surface area contributed by atoms with Crippen LogP contribution in [0.2, 0.25) is 0 Å². The monoisotopic (exact) mass is 98.1 g/mol. The second-order valence-electron chi connectivity index (χ2n) is 2.23. The molecule has 0 unspecified atom stereocenters. The number of epoxide rings is 1. The van der Waals surface area contributed by atoms with E-state index in [0.29, 0.717) is 0 Å². The fraction of sp³-hybridized carbons (Fsp3) is 0.667. The number of hydrogen-bond donors (Lipinski definition) is 0. The first kappa shape index (κ1) is 4.85. The smallest absolute Gasteiger partial charge is 0.0922 e. The van der Waals surface area contributed by atoms with E-state index in [0.717, 1.165) is 13.0 Å². The van der Waals surface area contributed by atoms with Crippen molar-refractivity contribution >= 4 is 0 Å². The van der Waals surface area contributed by atoms with Crippen LogP contribution in [0.25, 0.3) is 0 Å². The third kappa shape index (κ3) is 1.03. The minimum Gasteiger partial charge on any atom is -0.370 e. The van der Waals surface area contributed by atoms with Crippen molar-refractivity contribution in [3.05, 3.63) is 12.7 Å². The summed E-state index contributed by atoms with van der Waals surface area (Å²) in [5, 5.41) is 0. The molecule has 1 fully saturated rings. The lowest BCUT2D eigenvalue weighted by molar-refractivity contribution is 0.326. The van der Waals surface area contributed by atoms with Gasteiger partial charge < -0.3 is 4.74 Å². The van der Waals surface area contributed by atoms with Crippen LogP contribution >= 0.6 is 0 Å². The molecular weight excluding hydrogens is 88.1 g/mol. The zero-order valence-electron chi connectivity index (χ0n) is 4.61. The van der Waals surface area contributed by atoms with Gasteiger partial charge in [0.15, 0.2) is 0 Å². The second kappa shape index (κ2) is 1.34. The highest BCUT2D eigenvalue weighted by Gasteiger charge is 2.37. The molecule has 1 heteroatoms. The fourth-order valence-corrected chi connectivity index (χ4v) is 0.546. The van der Waals surface area contributed by atoms with Gasteiger partial charge in [-0.15, -0.1) is 6.58 Å². The third-order valence-corrected chi connectivity index (χ3v) is 1.21. The zero-order chi connectivity index (χ0) is 5.33. The van der Waals surface area contributed by atoms with Crippen molar-refractivity contribution < 1.29 is 4.74 Å². The Labute approximate surface area is 44.0 Å². The van der Waals surface area contributed by atoms with Gasteiger partial charge in [-0.2, -0.15) is 0 Å². The first-order valence-electron chi connectivity index (χ1n) is 2.52. The summed E-state index contributed by atoms with van der Waals surface area (Å²) >= 11 is 0. The van der Waals surface area contributed by atoms with Gasteiger partial charge in [-0.1, -0.05) is 6.08 Å². The molecule has 0 saturated carbocycles. The molecule has 1 nitrogen and oxygen atoms in total. The van der Waals surface area contributed by atoms with E-state index >= 15 is 0 Å². The third-order valence-electron chi connectivity index (χ3n) is 1.21. The molecule has 40 valence electrons. The van der Waals surface area contributed by atoms with Gasteiger partial charge in [0.1, 0.15) is 0 Å². The highest BCUT2D eigenvalue weighted by molar-refractivity contribution is 4.92. The van der Waals surface area contributed by atoms with E-state index in [2.05, 4.69) is 13.5 Å². The minimum atomic E-state index is 0.182. The predicted octanol–water partition coefficient (Wildman–Crippen LogP) is 1.35. The van der Waals surface area contributed by atoms with Gasteiger partial charge in [-0.25, -0.2) is 0 Å². The molecule has 1 saturated heterocycles. The molecular formula is C6H10O. The lowest BCUT2D eigenvalue weighted by atomic mass is 10.1. The number of ether oxygens (including phenoxy) is 1. The predicted molar refractivity (Wildman–Crippen MR) is 29.2 cm³/mol. The van der Waals surface area contributed by atoms with Crippen molar-refractivity contribution in [3.8, 4) is 0 Å². The minimum absolute atomic E-state index is 0.182. The summed E-state index contributed by atoms with van der Waals surface area (Å²) in [6.45, 7) is 6.61. The average molecular weight is 98.1 g/mol. The summed E-state index contributed by atoms with van der Waals surface area (Å²) in [4.78, 5) is 0. The molecule has 0 aromatic heterocycles. The van der Waals surface area contributed by atoms with Crippen LogP contribution in [0, 0.1) is 0 Å². The molecule has 0 spiro atoms. The Morgan fingerprint density at radius 2 is 2.57 bits per heavy atom. The quantitative estimate of drug-likeness (QED) is 0.375. The molecule has 1 aliphatic heterocycles. The van der Waals surface area contributed by atoms with E-state index < -0.39 is 0 Å². The molecule has 1 atom stereocenters. The molecule has 0 aromatic rings. The van der Waals surface area contributed by atoms with Gasteiger partial charge in [0.05, 0.1) is 12.2 Å². The molecule has 1 heterocycles. The van der Waals surface area contributed by atoms with Crippen LogP contribution in [0.15, 0.2) is 12.7 Å². The summed E-state index contributed by atoms with van der Waals surface area (Å²) in [6, 6.07) is 0. The zero-order valence-corrected chi connectivity index (χ0v) is 4.61. The first-order valence-corrected chi connectivity index (χ1v) is 2.52. The Hall–Kier alpha value is -0.300. The van der Waals surface area contributed by atoms with Gasteiger partial charge in [-0.3, -0.25) is 0 Å². The Bertz CT molecular complexity index is 82.2. The van der Waals surface area contributed by atoms with Crippen molar-refractivity contribution in [2.75, 3.05) is 6.61 Å². The van der Waals surface area contributed by atoms with Crippen LogP contribution in [0.1, 0.15) is 13.3 Å². The Kier molecular flexibility index (Phi) is 0.927. The standard InChI is InChI=1S/C6H10O/c1-3-4-6(2)5-7-6/h3H,1,4-5H2,2H3/t6-/m0/s1. The topological polar surface area (TPSA) is 12.5 Å². The van der Waals surface area contributed by atoms with Gasteiger partial charge in [0.2, 0.25) is 0 Å². The molecule has 0 aliphatic carbocycles. The molecule has 0 aromatic carbocycles. The lowest BCUT2D eigenvalue weighted by Crippen LogP contribution is -1.99. The maximum Gasteiger partial charge on any atom is 0.0922 e. The summed E-state index contributed by atoms with van der Waals surface area (Å²) in [7, 11) is 0. The van der Waals surface area contributed by atoms with Crippen molar-refractivity contribution in [2.45, 2.75) is 18.9 Å². The maximum atomic E-state index is 5.07.